The summed E-state index contributed by atoms with van der Waals surface area (Å²) in [5.41, 5.74) is 1.27. The van der Waals surface area contributed by atoms with Crippen LogP contribution in [-0.2, 0) is 6.54 Å². The molecule has 1 heterocycles. The van der Waals surface area contributed by atoms with Crippen molar-refractivity contribution < 1.29 is 0 Å². The Morgan fingerprint density at radius 1 is 1.17 bits per heavy atom. The predicted octanol–water partition coefficient (Wildman–Crippen LogP) is 2.99. The molecule has 2 aromatic carbocycles. The zero-order valence-electron chi connectivity index (χ0n) is 14.8. The lowest BCUT2D eigenvalue weighted by Crippen LogP contribution is -2.44. The minimum Gasteiger partial charge on any atom is -0.355 e. The molecule has 1 aliphatic rings. The van der Waals surface area contributed by atoms with Crippen LogP contribution in [0.25, 0.3) is 10.8 Å². The minimum absolute atomic E-state index is 0.634. The van der Waals surface area contributed by atoms with E-state index in [2.05, 4.69) is 69.9 Å². The average Bonchev–Trinajstić information content (AvgIpc) is 3.09. The van der Waals surface area contributed by atoms with Crippen LogP contribution in [0.2, 0.25) is 0 Å². The maximum absolute atomic E-state index is 4.35. The number of guanidine groups is 1. The molecule has 128 valence electrons. The molecule has 4 nitrogen and oxygen atoms in total. The Hall–Kier alpha value is -2.07. The first kappa shape index (κ1) is 16.8. The van der Waals surface area contributed by atoms with E-state index in [0.29, 0.717) is 6.04 Å². The third kappa shape index (κ3) is 4.06. The monoisotopic (exact) mass is 324 g/mol. The summed E-state index contributed by atoms with van der Waals surface area (Å²) in [6.07, 6.45) is 2.59. The Kier molecular flexibility index (Phi) is 5.70. The molecule has 1 aliphatic heterocycles. The highest BCUT2D eigenvalue weighted by molar-refractivity contribution is 5.83. The molecule has 1 unspecified atom stereocenters. The molecule has 0 radical (unpaired) electrons. The van der Waals surface area contributed by atoms with Crippen LogP contribution in [0, 0.1) is 0 Å². The Morgan fingerprint density at radius 3 is 2.79 bits per heavy atom. The van der Waals surface area contributed by atoms with Crippen LogP contribution in [0.15, 0.2) is 47.5 Å². The van der Waals surface area contributed by atoms with Gasteiger partial charge in [-0.05, 0) is 48.3 Å². The standard InChI is InChI=1S/C20H28N4/c1-3-24-12-6-9-19(24)15-23-20(21-2)22-14-16-10-11-17-7-4-5-8-18(17)13-16/h4-5,7-8,10-11,13,19H,3,6,9,12,14-15H2,1-2H3,(H2,21,22,23). The molecule has 0 aliphatic carbocycles. The fourth-order valence-corrected chi connectivity index (χ4v) is 3.51. The predicted molar refractivity (Wildman–Crippen MR) is 102 cm³/mol. The quantitative estimate of drug-likeness (QED) is 0.656. The van der Waals surface area contributed by atoms with Crippen LogP contribution in [0.5, 0.6) is 0 Å². The van der Waals surface area contributed by atoms with Gasteiger partial charge in [-0.25, -0.2) is 0 Å². The summed E-state index contributed by atoms with van der Waals surface area (Å²) >= 11 is 0. The highest BCUT2D eigenvalue weighted by atomic mass is 15.2. The number of rotatable bonds is 5. The second-order valence-electron chi connectivity index (χ2n) is 6.41. The van der Waals surface area contributed by atoms with Gasteiger partial charge >= 0.3 is 0 Å². The lowest BCUT2D eigenvalue weighted by molar-refractivity contribution is 0.267. The molecule has 4 heteroatoms. The van der Waals surface area contributed by atoms with Gasteiger partial charge in [0.1, 0.15) is 0 Å². The smallest absolute Gasteiger partial charge is 0.191 e. The van der Waals surface area contributed by atoms with Crippen molar-refractivity contribution in [3.8, 4) is 0 Å². The molecular weight excluding hydrogens is 296 g/mol. The summed E-state index contributed by atoms with van der Waals surface area (Å²) in [5.74, 6) is 0.881. The van der Waals surface area contributed by atoms with Gasteiger partial charge in [0, 0.05) is 26.2 Å². The Morgan fingerprint density at radius 2 is 2.00 bits per heavy atom. The summed E-state index contributed by atoms with van der Waals surface area (Å²) in [4.78, 5) is 6.90. The summed E-state index contributed by atoms with van der Waals surface area (Å²) in [6.45, 7) is 6.35. The fourth-order valence-electron chi connectivity index (χ4n) is 3.51. The Balaban J connectivity index is 1.53. The second kappa shape index (κ2) is 8.15. The van der Waals surface area contributed by atoms with Crippen LogP contribution < -0.4 is 10.6 Å². The summed E-state index contributed by atoms with van der Waals surface area (Å²) in [7, 11) is 1.84. The van der Waals surface area contributed by atoms with Gasteiger partial charge in [0.15, 0.2) is 5.96 Å². The van der Waals surface area contributed by atoms with Gasteiger partial charge in [-0.3, -0.25) is 9.89 Å². The van der Waals surface area contributed by atoms with Crippen LogP contribution >= 0.6 is 0 Å². The molecule has 2 aromatic rings. The zero-order valence-corrected chi connectivity index (χ0v) is 14.8. The average molecular weight is 324 g/mol. The van der Waals surface area contributed by atoms with Crippen LogP contribution in [0.4, 0.5) is 0 Å². The van der Waals surface area contributed by atoms with E-state index in [9.17, 15) is 0 Å². The van der Waals surface area contributed by atoms with E-state index in [1.54, 1.807) is 0 Å². The highest BCUT2D eigenvalue weighted by Gasteiger charge is 2.22. The molecule has 3 rings (SSSR count). The van der Waals surface area contributed by atoms with E-state index < -0.39 is 0 Å². The first-order valence-electron chi connectivity index (χ1n) is 8.96. The Bertz CT molecular complexity index is 695. The largest absolute Gasteiger partial charge is 0.355 e. The maximum Gasteiger partial charge on any atom is 0.191 e. The van der Waals surface area contributed by atoms with E-state index in [1.807, 2.05) is 7.05 Å². The SMILES string of the molecule is CCN1CCCC1CNC(=NC)NCc1ccc2ccccc2c1. The number of likely N-dealkylation sites (tertiary alicyclic amines) is 1. The molecule has 2 N–H and O–H groups in total. The third-order valence-corrected chi connectivity index (χ3v) is 4.91. The van der Waals surface area contributed by atoms with Crippen molar-refractivity contribution >= 4 is 16.7 Å². The van der Waals surface area contributed by atoms with Crippen molar-refractivity contribution in [2.45, 2.75) is 32.4 Å². The fraction of sp³-hybridized carbons (Fsp3) is 0.450. The number of aliphatic imine (C=N–C) groups is 1. The number of nitrogens with zero attached hydrogens (tertiary/aromatic N) is 2. The van der Waals surface area contributed by atoms with Crippen molar-refractivity contribution in [3.05, 3.63) is 48.0 Å². The van der Waals surface area contributed by atoms with Gasteiger partial charge in [0.2, 0.25) is 0 Å². The molecule has 0 saturated carbocycles. The molecule has 0 aromatic heterocycles. The van der Waals surface area contributed by atoms with Crippen LogP contribution in [0.1, 0.15) is 25.3 Å². The second-order valence-corrected chi connectivity index (χ2v) is 6.41. The van der Waals surface area contributed by atoms with E-state index in [-0.39, 0.29) is 0 Å². The summed E-state index contributed by atoms with van der Waals surface area (Å²) < 4.78 is 0. The molecule has 1 fully saturated rings. The third-order valence-electron chi connectivity index (χ3n) is 4.91. The molecule has 0 spiro atoms. The van der Waals surface area contributed by atoms with Crippen LogP contribution in [-0.4, -0.2) is 43.6 Å². The number of likely N-dealkylation sites (N-methyl/N-ethyl adjacent to an activating group) is 1. The van der Waals surface area contributed by atoms with Crippen molar-refractivity contribution in [2.75, 3.05) is 26.7 Å². The number of hydrogen-bond donors (Lipinski definition) is 2. The molecule has 1 saturated heterocycles. The van der Waals surface area contributed by atoms with Crippen LogP contribution in [0.3, 0.4) is 0 Å². The van der Waals surface area contributed by atoms with E-state index in [4.69, 9.17) is 0 Å². The molecule has 0 amide bonds. The highest BCUT2D eigenvalue weighted by Crippen LogP contribution is 2.16. The Labute approximate surface area is 145 Å². The number of fused-ring (bicyclic) bond motifs is 1. The molecule has 0 bridgehead atoms. The lowest BCUT2D eigenvalue weighted by atomic mass is 10.1. The topological polar surface area (TPSA) is 39.7 Å². The number of benzene rings is 2. The summed E-state index contributed by atoms with van der Waals surface area (Å²) in [5, 5.41) is 9.47. The maximum atomic E-state index is 4.35. The number of hydrogen-bond acceptors (Lipinski definition) is 2. The van der Waals surface area contributed by atoms with Crippen molar-refractivity contribution in [1.82, 2.24) is 15.5 Å². The molecule has 24 heavy (non-hydrogen) atoms. The molecule has 1 atom stereocenters. The van der Waals surface area contributed by atoms with E-state index in [0.717, 1.165) is 25.6 Å². The van der Waals surface area contributed by atoms with Gasteiger partial charge in [0.25, 0.3) is 0 Å². The summed E-state index contributed by atoms with van der Waals surface area (Å²) in [6, 6.07) is 15.7. The van der Waals surface area contributed by atoms with Gasteiger partial charge in [0.05, 0.1) is 0 Å². The zero-order chi connectivity index (χ0) is 16.8. The van der Waals surface area contributed by atoms with Gasteiger partial charge in [-0.1, -0.05) is 43.3 Å². The van der Waals surface area contributed by atoms with E-state index in [1.165, 1.54) is 35.7 Å². The van der Waals surface area contributed by atoms with Gasteiger partial charge in [-0.2, -0.15) is 0 Å². The van der Waals surface area contributed by atoms with Gasteiger partial charge < -0.3 is 10.6 Å². The molecular formula is C20H28N4. The van der Waals surface area contributed by atoms with Crippen molar-refractivity contribution in [2.24, 2.45) is 4.99 Å². The first-order valence-corrected chi connectivity index (χ1v) is 8.96. The van der Waals surface area contributed by atoms with Gasteiger partial charge in [-0.15, -0.1) is 0 Å². The normalized spacial score (nSPS) is 18.9. The number of nitrogens with one attached hydrogen (secondary N) is 2. The van der Waals surface area contributed by atoms with Crippen molar-refractivity contribution in [3.63, 3.8) is 0 Å². The van der Waals surface area contributed by atoms with Crippen molar-refractivity contribution in [1.29, 1.82) is 0 Å². The minimum atomic E-state index is 0.634. The lowest BCUT2D eigenvalue weighted by Gasteiger charge is -2.24. The van der Waals surface area contributed by atoms with E-state index >= 15 is 0 Å². The first-order chi connectivity index (χ1) is 11.8.